The van der Waals surface area contributed by atoms with E-state index in [1.54, 1.807) is 26.4 Å². The zero-order valence-electron chi connectivity index (χ0n) is 8.44. The van der Waals surface area contributed by atoms with Crippen LogP contribution in [0.5, 0.6) is 17.2 Å². The summed E-state index contributed by atoms with van der Waals surface area (Å²) in [5.74, 6) is 1.27. The molecule has 4 heteroatoms. The quantitative estimate of drug-likeness (QED) is 0.791. The van der Waals surface area contributed by atoms with Gasteiger partial charge in [-0.15, -0.1) is 0 Å². The second kappa shape index (κ2) is 3.54. The molecule has 15 heavy (non-hydrogen) atoms. The molecule has 0 saturated heterocycles. The lowest BCUT2D eigenvalue weighted by Gasteiger charge is -2.05. The third-order valence-electron chi connectivity index (χ3n) is 2.16. The summed E-state index contributed by atoms with van der Waals surface area (Å²) >= 11 is 0. The summed E-state index contributed by atoms with van der Waals surface area (Å²) < 4.78 is 10.2. The molecule has 0 unspecified atom stereocenters. The molecular weight excluding hydrogens is 194 g/mol. The third kappa shape index (κ3) is 1.48. The second-order valence-corrected chi connectivity index (χ2v) is 2.99. The Morgan fingerprint density at radius 3 is 2.53 bits per heavy atom. The molecule has 0 fully saturated rings. The van der Waals surface area contributed by atoms with E-state index in [1.165, 1.54) is 6.07 Å². The van der Waals surface area contributed by atoms with Crippen LogP contribution in [0.2, 0.25) is 0 Å². The van der Waals surface area contributed by atoms with Gasteiger partial charge in [-0.05, 0) is 4.98 Å². The van der Waals surface area contributed by atoms with Gasteiger partial charge in [0.25, 0.3) is 0 Å². The van der Waals surface area contributed by atoms with Crippen molar-refractivity contribution in [3.05, 3.63) is 24.4 Å². The molecule has 0 bridgehead atoms. The van der Waals surface area contributed by atoms with E-state index < -0.39 is 0 Å². The van der Waals surface area contributed by atoms with Gasteiger partial charge in [0, 0.05) is 6.07 Å². The van der Waals surface area contributed by atoms with Gasteiger partial charge in [0.05, 0.1) is 20.3 Å². The summed E-state index contributed by atoms with van der Waals surface area (Å²) in [6, 6.07) is 4.79. The topological polar surface area (TPSA) is 52.8 Å². The monoisotopic (exact) mass is 204 g/mol. The normalized spacial score (nSPS) is 9.73. The first-order chi connectivity index (χ1) is 7.26. The van der Waals surface area contributed by atoms with E-state index >= 15 is 0 Å². The van der Waals surface area contributed by atoms with Gasteiger partial charge in [0.2, 0.25) is 0 Å². The molecule has 0 amide bonds. The zero-order chi connectivity index (χ0) is 10.8. The third-order valence-corrected chi connectivity index (χ3v) is 2.16. The minimum absolute atomic E-state index is 0.126. The second-order valence-electron chi connectivity index (χ2n) is 2.99. The lowest BCUT2D eigenvalue weighted by Crippen LogP contribution is -1.96. The average molecular weight is 204 g/mol. The van der Waals surface area contributed by atoms with E-state index in [9.17, 15) is 5.11 Å². The maximum Gasteiger partial charge on any atom is 0.355 e. The predicted octanol–water partition coefficient (Wildman–Crippen LogP) is 0.963. The Morgan fingerprint density at radius 2 is 1.87 bits per heavy atom. The Bertz CT molecular complexity index is 496. The molecule has 2 aromatic rings. The fraction of sp³-hybridized carbons (Fsp3) is 0.182. The van der Waals surface area contributed by atoms with Gasteiger partial charge in [-0.3, -0.25) is 0 Å². The predicted molar refractivity (Wildman–Crippen MR) is 53.1 cm³/mol. The lowest BCUT2D eigenvalue weighted by molar-refractivity contribution is -0.258. The standard InChI is InChI=1S/C11H9NO3/c1-14-10-5-7-8(6-11(10)15-2)12-4-3-9(7)13/h3,5-6H,1-2H3/p+1. The Balaban J connectivity index is 2.75. The number of aromatic hydroxyl groups is 1. The number of methoxy groups -OCH3 is 2. The van der Waals surface area contributed by atoms with Crippen LogP contribution in [0.3, 0.4) is 0 Å². The Morgan fingerprint density at radius 1 is 1.20 bits per heavy atom. The molecule has 0 saturated carbocycles. The zero-order valence-corrected chi connectivity index (χ0v) is 8.44. The maximum absolute atomic E-state index is 9.59. The molecule has 0 spiro atoms. The van der Waals surface area contributed by atoms with Crippen LogP contribution in [-0.4, -0.2) is 19.3 Å². The number of rotatable bonds is 2. The Hall–Kier alpha value is -2.15. The summed E-state index contributed by atoms with van der Waals surface area (Å²) in [7, 11) is 3.10. The first-order valence-electron chi connectivity index (χ1n) is 4.38. The van der Waals surface area contributed by atoms with Gasteiger partial charge in [0.1, 0.15) is 17.2 Å². The van der Waals surface area contributed by atoms with Crippen LogP contribution in [0.4, 0.5) is 0 Å². The van der Waals surface area contributed by atoms with E-state index in [-0.39, 0.29) is 5.75 Å². The van der Waals surface area contributed by atoms with Crippen molar-refractivity contribution in [3.8, 4) is 17.2 Å². The average Bonchev–Trinajstić information content (AvgIpc) is 2.28. The van der Waals surface area contributed by atoms with Crippen LogP contribution in [-0.2, 0) is 0 Å². The van der Waals surface area contributed by atoms with Crippen LogP contribution < -0.4 is 14.5 Å². The van der Waals surface area contributed by atoms with E-state index in [0.29, 0.717) is 22.4 Å². The molecule has 1 N–H and O–H groups in total. The number of benzene rings is 1. The van der Waals surface area contributed by atoms with Crippen LogP contribution in [0.25, 0.3) is 10.9 Å². The number of fused-ring (bicyclic) bond motifs is 1. The van der Waals surface area contributed by atoms with Crippen molar-refractivity contribution in [2.75, 3.05) is 14.2 Å². The SMILES string of the molecule is COc1cc2[n+]#ccc(O)c2cc1OC. The fourth-order valence-corrected chi connectivity index (χ4v) is 1.41. The summed E-state index contributed by atoms with van der Waals surface area (Å²) in [5, 5.41) is 10.2. The highest BCUT2D eigenvalue weighted by Gasteiger charge is 2.14. The minimum Gasteiger partial charge on any atom is -0.506 e. The van der Waals surface area contributed by atoms with Gasteiger partial charge in [-0.25, -0.2) is 0 Å². The molecule has 1 aromatic heterocycles. The van der Waals surface area contributed by atoms with Crippen molar-refractivity contribution in [1.29, 1.82) is 0 Å². The lowest BCUT2D eigenvalue weighted by atomic mass is 10.2. The summed E-state index contributed by atoms with van der Waals surface area (Å²) in [4.78, 5) is 4.01. The summed E-state index contributed by atoms with van der Waals surface area (Å²) in [6.45, 7) is 0. The number of aromatic nitrogens is 1. The Labute approximate surface area is 87.1 Å². The van der Waals surface area contributed by atoms with Gasteiger partial charge < -0.3 is 14.6 Å². The van der Waals surface area contributed by atoms with Crippen molar-refractivity contribution in [3.63, 3.8) is 0 Å². The van der Waals surface area contributed by atoms with Gasteiger partial charge in [0.15, 0.2) is 11.5 Å². The largest absolute Gasteiger partial charge is 0.506 e. The van der Waals surface area contributed by atoms with E-state index in [1.807, 2.05) is 0 Å². The number of hydrogen-bond acceptors (Lipinski definition) is 3. The van der Waals surface area contributed by atoms with Crippen LogP contribution >= 0.6 is 0 Å². The van der Waals surface area contributed by atoms with E-state index in [2.05, 4.69) is 11.2 Å². The fourth-order valence-electron chi connectivity index (χ4n) is 1.41. The molecule has 0 aliphatic heterocycles. The molecule has 1 heterocycles. The van der Waals surface area contributed by atoms with Crippen LogP contribution in [0.1, 0.15) is 0 Å². The van der Waals surface area contributed by atoms with Gasteiger partial charge >= 0.3 is 11.7 Å². The summed E-state index contributed by atoms with van der Waals surface area (Å²) in [5.41, 5.74) is 0.618. The molecule has 4 nitrogen and oxygen atoms in total. The maximum atomic E-state index is 9.59. The highest BCUT2D eigenvalue weighted by atomic mass is 16.5. The first kappa shape index (κ1) is 9.41. The van der Waals surface area contributed by atoms with Crippen molar-refractivity contribution < 1.29 is 19.6 Å². The van der Waals surface area contributed by atoms with Crippen molar-refractivity contribution in [2.45, 2.75) is 0 Å². The molecule has 0 atom stereocenters. The number of hydrogen-bond donors (Lipinski definition) is 1. The summed E-state index contributed by atoms with van der Waals surface area (Å²) in [6.07, 6.45) is 2.60. The molecule has 0 radical (unpaired) electrons. The van der Waals surface area contributed by atoms with E-state index in [4.69, 9.17) is 9.47 Å². The molecule has 0 aliphatic carbocycles. The smallest absolute Gasteiger partial charge is 0.355 e. The Kier molecular flexibility index (Phi) is 2.22. The highest BCUT2D eigenvalue weighted by Crippen LogP contribution is 2.33. The molecule has 1 aromatic carbocycles. The van der Waals surface area contributed by atoms with E-state index in [0.717, 1.165) is 0 Å². The number of nitrogens with zero attached hydrogens (tertiary/aromatic N) is 1. The number of ether oxygens (including phenoxy) is 2. The molecular formula is C11H10NO3+. The van der Waals surface area contributed by atoms with Crippen molar-refractivity contribution >= 4 is 10.9 Å². The van der Waals surface area contributed by atoms with Gasteiger partial charge in [-0.2, -0.15) is 0 Å². The first-order valence-corrected chi connectivity index (χ1v) is 4.38. The van der Waals surface area contributed by atoms with Gasteiger partial charge in [-0.1, -0.05) is 0 Å². The molecule has 76 valence electrons. The van der Waals surface area contributed by atoms with Crippen molar-refractivity contribution in [2.24, 2.45) is 0 Å². The molecule has 2 rings (SSSR count). The van der Waals surface area contributed by atoms with Crippen molar-refractivity contribution in [1.82, 2.24) is 0 Å². The molecule has 0 aliphatic rings. The van der Waals surface area contributed by atoms with Crippen LogP contribution in [0, 0.1) is 6.20 Å². The highest BCUT2D eigenvalue weighted by molar-refractivity contribution is 5.85. The minimum atomic E-state index is 0.126. The van der Waals surface area contributed by atoms with Crippen LogP contribution in [0.15, 0.2) is 18.2 Å².